The number of nitrogens with zero attached hydrogens (tertiary/aromatic N) is 5. The Morgan fingerprint density at radius 1 is 1.18 bits per heavy atom. The van der Waals surface area contributed by atoms with Crippen molar-refractivity contribution in [3.05, 3.63) is 29.7 Å². The molecule has 0 radical (unpaired) electrons. The first-order valence-corrected chi connectivity index (χ1v) is 15.2. The number of phenolic OH excluding ortho intramolecular Hbond substituents is 1. The summed E-state index contributed by atoms with van der Waals surface area (Å²) in [7, 11) is 0. The summed E-state index contributed by atoms with van der Waals surface area (Å²) in [4.78, 5) is 30.7. The van der Waals surface area contributed by atoms with Gasteiger partial charge < -0.3 is 29.5 Å². The molecule has 234 valence electrons. The van der Waals surface area contributed by atoms with Gasteiger partial charge in [-0.15, -0.1) is 0 Å². The summed E-state index contributed by atoms with van der Waals surface area (Å²) in [6, 6.07) is 2.87. The number of aryl methyl sites for hydroxylation is 1. The predicted molar refractivity (Wildman–Crippen MR) is 158 cm³/mol. The topological polar surface area (TPSA) is 122 Å². The van der Waals surface area contributed by atoms with E-state index >= 15 is 4.39 Å². The lowest BCUT2D eigenvalue weighted by Gasteiger charge is -2.41. The first-order chi connectivity index (χ1) is 21.1. The lowest BCUT2D eigenvalue weighted by Crippen LogP contribution is -2.57. The number of aromatic hydroxyl groups is 1. The van der Waals surface area contributed by atoms with Crippen LogP contribution in [0.1, 0.15) is 44.6 Å². The molecule has 1 amide bonds. The SMILES string of the molecule is Cc1cc(O)cc2c1OCCOC(=O)N[C@]1(C)CCCN(C1)c1nc(OC[C@@]34CCCN3C[C@H](F)C4)nc3c(F)c-2ncc13. The van der Waals surface area contributed by atoms with Crippen molar-refractivity contribution in [3.63, 3.8) is 0 Å². The third-order valence-corrected chi connectivity index (χ3v) is 9.35. The van der Waals surface area contributed by atoms with E-state index in [1.807, 2.05) is 11.8 Å². The Bertz CT molecular complexity index is 1630. The number of nitrogens with one attached hydrogen (secondary N) is 1. The van der Waals surface area contributed by atoms with Crippen LogP contribution in [0.4, 0.5) is 19.4 Å². The molecule has 3 aromatic rings. The van der Waals surface area contributed by atoms with Gasteiger partial charge in [-0.2, -0.15) is 9.97 Å². The van der Waals surface area contributed by atoms with Gasteiger partial charge in [-0.25, -0.2) is 13.6 Å². The van der Waals surface area contributed by atoms with Gasteiger partial charge in [0.1, 0.15) is 54.5 Å². The van der Waals surface area contributed by atoms with Crippen molar-refractivity contribution in [2.75, 3.05) is 50.9 Å². The average molecular weight is 611 g/mol. The largest absolute Gasteiger partial charge is 0.508 e. The van der Waals surface area contributed by atoms with Gasteiger partial charge in [-0.1, -0.05) is 0 Å². The van der Waals surface area contributed by atoms with Crippen molar-refractivity contribution in [2.45, 2.75) is 63.2 Å². The Hall–Kier alpha value is -4.00. The first kappa shape index (κ1) is 28.8. The van der Waals surface area contributed by atoms with E-state index in [-0.39, 0.29) is 48.4 Å². The molecule has 0 spiro atoms. The molecule has 3 atom stereocenters. The van der Waals surface area contributed by atoms with Gasteiger partial charge in [0, 0.05) is 37.8 Å². The van der Waals surface area contributed by atoms with Crippen LogP contribution in [-0.4, -0.2) is 94.3 Å². The molecular weight excluding hydrogens is 574 g/mol. The second kappa shape index (κ2) is 10.9. The van der Waals surface area contributed by atoms with Crippen LogP contribution in [-0.2, 0) is 4.74 Å². The summed E-state index contributed by atoms with van der Waals surface area (Å²) in [5.41, 5.74) is -0.367. The number of hydrogen-bond donors (Lipinski definition) is 2. The molecule has 44 heavy (non-hydrogen) atoms. The van der Waals surface area contributed by atoms with Crippen molar-refractivity contribution < 1.29 is 32.9 Å². The smallest absolute Gasteiger partial charge is 0.407 e. The Balaban J connectivity index is 1.37. The minimum Gasteiger partial charge on any atom is -0.508 e. The number of ether oxygens (including phenoxy) is 3. The highest BCUT2D eigenvalue weighted by molar-refractivity contribution is 5.92. The highest BCUT2D eigenvalue weighted by Crippen LogP contribution is 2.42. The van der Waals surface area contributed by atoms with Gasteiger partial charge >= 0.3 is 12.1 Å². The lowest BCUT2D eigenvalue weighted by molar-refractivity contribution is 0.107. The van der Waals surface area contributed by atoms with Gasteiger partial charge in [-0.3, -0.25) is 9.88 Å². The first-order valence-electron chi connectivity index (χ1n) is 15.2. The number of rotatable bonds is 3. The molecule has 2 aromatic heterocycles. The number of benzene rings is 1. The van der Waals surface area contributed by atoms with E-state index < -0.39 is 29.2 Å². The number of carbonyl (C=O) groups is 1. The molecule has 0 unspecified atom stereocenters. The number of anilines is 1. The summed E-state index contributed by atoms with van der Waals surface area (Å²) in [5.74, 6) is -0.0763. The fourth-order valence-electron chi connectivity index (χ4n) is 7.37. The Kier molecular flexibility index (Phi) is 7.10. The second-order valence-electron chi connectivity index (χ2n) is 12.7. The van der Waals surface area contributed by atoms with Crippen LogP contribution in [0.25, 0.3) is 22.2 Å². The monoisotopic (exact) mass is 610 g/mol. The van der Waals surface area contributed by atoms with Crippen LogP contribution in [0.3, 0.4) is 0 Å². The van der Waals surface area contributed by atoms with Crippen molar-refractivity contribution >= 4 is 22.8 Å². The third kappa shape index (κ3) is 5.10. The molecule has 3 fully saturated rings. The summed E-state index contributed by atoms with van der Waals surface area (Å²) in [6.45, 7) is 5.99. The average Bonchev–Trinajstić information content (AvgIpc) is 3.50. The quantitative estimate of drug-likeness (QED) is 0.445. The van der Waals surface area contributed by atoms with Crippen molar-refractivity contribution in [1.29, 1.82) is 0 Å². The van der Waals surface area contributed by atoms with Crippen molar-refractivity contribution in [3.8, 4) is 28.8 Å². The minimum atomic E-state index is -0.919. The molecule has 1 aromatic carbocycles. The summed E-state index contributed by atoms with van der Waals surface area (Å²) in [5, 5.41) is 13.8. The number of alkyl halides is 1. The Morgan fingerprint density at radius 3 is 2.86 bits per heavy atom. The second-order valence-corrected chi connectivity index (χ2v) is 12.7. The van der Waals surface area contributed by atoms with Crippen molar-refractivity contribution in [2.24, 2.45) is 0 Å². The fraction of sp³-hybridized carbons (Fsp3) is 0.548. The van der Waals surface area contributed by atoms with Gasteiger partial charge in [-0.05, 0) is 63.8 Å². The van der Waals surface area contributed by atoms with Gasteiger partial charge in [0.2, 0.25) is 0 Å². The lowest BCUT2D eigenvalue weighted by atomic mass is 9.91. The normalized spacial score (nSPS) is 27.1. The maximum Gasteiger partial charge on any atom is 0.407 e. The molecule has 6 bridgehead atoms. The van der Waals surface area contributed by atoms with E-state index in [0.717, 1.165) is 25.8 Å². The summed E-state index contributed by atoms with van der Waals surface area (Å²) in [6.07, 6.45) is 3.62. The van der Waals surface area contributed by atoms with Crippen LogP contribution in [0.5, 0.6) is 17.5 Å². The molecule has 8 rings (SSSR count). The molecule has 5 aliphatic rings. The van der Waals surface area contributed by atoms with Gasteiger partial charge in [0.15, 0.2) is 5.82 Å². The molecule has 13 heteroatoms. The maximum atomic E-state index is 16.6. The van der Waals surface area contributed by atoms with Gasteiger partial charge in [0.05, 0.1) is 16.5 Å². The molecule has 7 heterocycles. The summed E-state index contributed by atoms with van der Waals surface area (Å²) < 4.78 is 48.7. The van der Waals surface area contributed by atoms with E-state index in [9.17, 15) is 14.3 Å². The number of carbonyl (C=O) groups excluding carboxylic acids is 1. The van der Waals surface area contributed by atoms with Crippen molar-refractivity contribution in [1.82, 2.24) is 25.2 Å². The zero-order chi connectivity index (χ0) is 30.6. The van der Waals surface area contributed by atoms with Crippen LogP contribution < -0.4 is 19.7 Å². The third-order valence-electron chi connectivity index (χ3n) is 9.35. The Morgan fingerprint density at radius 2 is 2.00 bits per heavy atom. The molecule has 0 aliphatic carbocycles. The molecule has 0 saturated carbocycles. The van der Waals surface area contributed by atoms with Crippen LogP contribution in [0, 0.1) is 12.7 Å². The molecule has 5 aliphatic heterocycles. The molecule has 2 N–H and O–H groups in total. The standard InChI is InChI=1S/C31H36F2N6O5/c1-18-11-20(40)12-21-24-23(33)25-22(14-34-24)27(36-28(35-25)44-17-31-6-4-8-39(31)15-19(32)13-31)38-7-3-5-30(2,16-38)37-29(41)43-10-9-42-26(18)21/h11-12,14,19,40H,3-10,13,15-17H2,1-2H3,(H,37,41)/t19-,30-,31+/m1/s1. The van der Waals surface area contributed by atoms with E-state index in [1.165, 1.54) is 18.3 Å². The van der Waals surface area contributed by atoms with Crippen LogP contribution in [0.2, 0.25) is 0 Å². The summed E-state index contributed by atoms with van der Waals surface area (Å²) >= 11 is 0. The minimum absolute atomic E-state index is 0.00394. The molecular formula is C31H36F2N6O5. The number of amides is 1. The number of alkyl carbamates (subject to hydrolysis) is 1. The zero-order valence-corrected chi connectivity index (χ0v) is 24.9. The molecule has 11 nitrogen and oxygen atoms in total. The predicted octanol–water partition coefficient (Wildman–Crippen LogP) is 4.28. The number of fused-ring (bicyclic) bond motifs is 7. The highest BCUT2D eigenvalue weighted by Gasteiger charge is 2.49. The number of hydrogen-bond acceptors (Lipinski definition) is 10. The number of pyridine rings is 1. The van der Waals surface area contributed by atoms with E-state index in [1.54, 1.807) is 6.92 Å². The number of halogens is 2. The number of piperidine rings is 1. The van der Waals surface area contributed by atoms with E-state index in [4.69, 9.17) is 19.2 Å². The zero-order valence-electron chi connectivity index (χ0n) is 24.9. The number of phenols is 1. The fourth-order valence-corrected chi connectivity index (χ4v) is 7.37. The van der Waals surface area contributed by atoms with Crippen LogP contribution >= 0.6 is 0 Å². The Labute approximate surface area is 253 Å². The maximum absolute atomic E-state index is 16.6. The van der Waals surface area contributed by atoms with E-state index in [2.05, 4.69) is 20.2 Å². The molecule has 3 saturated heterocycles. The number of aromatic nitrogens is 3. The van der Waals surface area contributed by atoms with Crippen LogP contribution in [0.15, 0.2) is 18.3 Å². The van der Waals surface area contributed by atoms with Gasteiger partial charge in [0.25, 0.3) is 0 Å². The van der Waals surface area contributed by atoms with E-state index in [0.29, 0.717) is 55.0 Å². The highest BCUT2D eigenvalue weighted by atomic mass is 19.1.